The van der Waals surface area contributed by atoms with Crippen LogP contribution in [0.15, 0.2) is 18.2 Å². The fraction of sp³-hybridized carbons (Fsp3) is 0.462. The Morgan fingerprint density at radius 3 is 2.82 bits per heavy atom. The van der Waals surface area contributed by atoms with Gasteiger partial charge in [-0.05, 0) is 37.8 Å². The molecule has 4 N–H and O–H groups in total. The molecule has 1 aromatic carbocycles. The molecular formula is C13H18N2O2. The minimum atomic E-state index is -0.700. The van der Waals surface area contributed by atoms with Crippen molar-refractivity contribution >= 4 is 11.6 Å². The molecule has 1 aliphatic carbocycles. The summed E-state index contributed by atoms with van der Waals surface area (Å²) in [6, 6.07) is 5.37. The number of aryl methyl sites for hydroxylation is 1. The van der Waals surface area contributed by atoms with Crippen LogP contribution in [0, 0.1) is 6.92 Å². The zero-order valence-electron chi connectivity index (χ0n) is 9.99. The molecule has 0 aromatic heterocycles. The highest BCUT2D eigenvalue weighted by molar-refractivity contribution is 5.99. The van der Waals surface area contributed by atoms with Crippen molar-refractivity contribution in [3.63, 3.8) is 0 Å². The van der Waals surface area contributed by atoms with Gasteiger partial charge in [0.15, 0.2) is 0 Å². The number of hydrogen-bond donors (Lipinski definition) is 3. The third-order valence-corrected chi connectivity index (χ3v) is 3.43. The molecule has 0 heterocycles. The molecule has 0 aliphatic heterocycles. The van der Waals surface area contributed by atoms with Crippen molar-refractivity contribution in [3.8, 4) is 0 Å². The Morgan fingerprint density at radius 2 is 2.24 bits per heavy atom. The van der Waals surface area contributed by atoms with E-state index >= 15 is 0 Å². The number of para-hydroxylation sites is 1. The number of nitrogens with one attached hydrogen (secondary N) is 1. The van der Waals surface area contributed by atoms with Gasteiger partial charge in [0.25, 0.3) is 5.91 Å². The van der Waals surface area contributed by atoms with Crippen LogP contribution < -0.4 is 11.1 Å². The molecule has 4 heteroatoms. The molecule has 0 radical (unpaired) electrons. The molecule has 0 bridgehead atoms. The summed E-state index contributed by atoms with van der Waals surface area (Å²) in [6.45, 7) is 2.17. The number of anilines is 1. The van der Waals surface area contributed by atoms with E-state index in [2.05, 4.69) is 5.32 Å². The van der Waals surface area contributed by atoms with E-state index in [0.29, 0.717) is 17.8 Å². The van der Waals surface area contributed by atoms with Crippen LogP contribution in [-0.2, 0) is 0 Å². The smallest absolute Gasteiger partial charge is 0.253 e. The molecule has 4 nitrogen and oxygen atoms in total. The number of nitrogens with two attached hydrogens (primary N) is 1. The normalized spacial score (nSPS) is 17.3. The molecule has 92 valence electrons. The second-order valence-corrected chi connectivity index (χ2v) is 4.80. The van der Waals surface area contributed by atoms with Gasteiger partial charge in [0.2, 0.25) is 0 Å². The Kier molecular flexibility index (Phi) is 3.07. The summed E-state index contributed by atoms with van der Waals surface area (Å²) >= 11 is 0. The lowest BCUT2D eigenvalue weighted by Crippen LogP contribution is -2.47. The molecule has 1 fully saturated rings. The summed E-state index contributed by atoms with van der Waals surface area (Å²) in [5.74, 6) is -0.216. The first-order valence-electron chi connectivity index (χ1n) is 5.87. The lowest BCUT2D eigenvalue weighted by Gasteiger charge is -2.36. The summed E-state index contributed by atoms with van der Waals surface area (Å²) < 4.78 is 0. The molecule has 0 atom stereocenters. The molecular weight excluding hydrogens is 216 g/mol. The van der Waals surface area contributed by atoms with E-state index in [1.165, 1.54) is 0 Å². The van der Waals surface area contributed by atoms with E-state index < -0.39 is 5.60 Å². The highest BCUT2D eigenvalue weighted by Crippen LogP contribution is 2.30. The molecule has 1 saturated carbocycles. The average molecular weight is 234 g/mol. The fourth-order valence-electron chi connectivity index (χ4n) is 1.98. The number of hydrogen-bond acceptors (Lipinski definition) is 3. The molecule has 0 spiro atoms. The summed E-state index contributed by atoms with van der Waals surface area (Å²) in [7, 11) is 0. The minimum Gasteiger partial charge on any atom is -0.398 e. The van der Waals surface area contributed by atoms with E-state index in [4.69, 9.17) is 5.73 Å². The fourth-order valence-corrected chi connectivity index (χ4v) is 1.98. The average Bonchev–Trinajstić information content (AvgIpc) is 2.27. The monoisotopic (exact) mass is 234 g/mol. The van der Waals surface area contributed by atoms with Gasteiger partial charge in [-0.3, -0.25) is 4.79 Å². The maximum atomic E-state index is 11.9. The Labute approximate surface area is 101 Å². The highest BCUT2D eigenvalue weighted by Gasteiger charge is 2.34. The SMILES string of the molecule is Cc1cccc(C(=O)NCC2(O)CCC2)c1N. The lowest BCUT2D eigenvalue weighted by molar-refractivity contribution is -0.0300. The first kappa shape index (κ1) is 11.9. The molecule has 17 heavy (non-hydrogen) atoms. The van der Waals surface area contributed by atoms with Crippen molar-refractivity contribution in [2.24, 2.45) is 0 Å². The lowest BCUT2D eigenvalue weighted by atomic mass is 9.80. The first-order chi connectivity index (χ1) is 8.02. The molecule has 1 aromatic rings. The van der Waals surface area contributed by atoms with Crippen molar-refractivity contribution < 1.29 is 9.90 Å². The van der Waals surface area contributed by atoms with E-state index in [1.54, 1.807) is 12.1 Å². The topological polar surface area (TPSA) is 75.3 Å². The number of carbonyl (C=O) groups excluding carboxylic acids is 1. The highest BCUT2D eigenvalue weighted by atomic mass is 16.3. The molecule has 0 unspecified atom stereocenters. The van der Waals surface area contributed by atoms with Crippen LogP contribution in [0.2, 0.25) is 0 Å². The molecule has 0 saturated heterocycles. The van der Waals surface area contributed by atoms with E-state index in [-0.39, 0.29) is 5.91 Å². The van der Waals surface area contributed by atoms with Crippen molar-refractivity contribution in [2.75, 3.05) is 12.3 Å². The predicted octanol–water partition coefficient (Wildman–Crippen LogP) is 1.22. The second kappa shape index (κ2) is 4.37. The Bertz CT molecular complexity index is 439. The summed E-state index contributed by atoms with van der Waals surface area (Å²) in [5, 5.41) is 12.6. The maximum Gasteiger partial charge on any atom is 0.253 e. The first-order valence-corrected chi connectivity index (χ1v) is 5.87. The Balaban J connectivity index is 2.02. The van der Waals surface area contributed by atoms with Crippen LogP contribution in [0.25, 0.3) is 0 Å². The number of amides is 1. The van der Waals surface area contributed by atoms with Crippen LogP contribution in [-0.4, -0.2) is 23.2 Å². The van der Waals surface area contributed by atoms with Gasteiger partial charge in [-0.2, -0.15) is 0 Å². The van der Waals surface area contributed by atoms with Gasteiger partial charge in [-0.25, -0.2) is 0 Å². The van der Waals surface area contributed by atoms with Crippen molar-refractivity contribution in [2.45, 2.75) is 31.8 Å². The summed E-state index contributed by atoms with van der Waals surface area (Å²) in [5.41, 5.74) is 7.02. The van der Waals surface area contributed by atoms with Gasteiger partial charge in [0, 0.05) is 12.2 Å². The Morgan fingerprint density at radius 1 is 1.53 bits per heavy atom. The van der Waals surface area contributed by atoms with Gasteiger partial charge < -0.3 is 16.2 Å². The van der Waals surface area contributed by atoms with Crippen LogP contribution in [0.4, 0.5) is 5.69 Å². The van der Waals surface area contributed by atoms with Crippen molar-refractivity contribution in [3.05, 3.63) is 29.3 Å². The predicted molar refractivity (Wildman–Crippen MR) is 66.7 cm³/mol. The van der Waals surface area contributed by atoms with E-state index in [0.717, 1.165) is 24.8 Å². The van der Waals surface area contributed by atoms with Crippen molar-refractivity contribution in [1.82, 2.24) is 5.32 Å². The van der Waals surface area contributed by atoms with Crippen LogP contribution >= 0.6 is 0 Å². The molecule has 1 aliphatic rings. The summed E-state index contributed by atoms with van der Waals surface area (Å²) in [4.78, 5) is 11.9. The maximum absolute atomic E-state index is 11.9. The number of rotatable bonds is 3. The molecule has 2 rings (SSSR count). The number of aliphatic hydroxyl groups is 1. The third-order valence-electron chi connectivity index (χ3n) is 3.43. The Hall–Kier alpha value is -1.55. The van der Waals surface area contributed by atoms with Gasteiger partial charge in [0.05, 0.1) is 11.2 Å². The zero-order chi connectivity index (χ0) is 12.5. The van der Waals surface area contributed by atoms with Crippen molar-refractivity contribution in [1.29, 1.82) is 0 Å². The van der Waals surface area contributed by atoms with Gasteiger partial charge in [0.1, 0.15) is 0 Å². The van der Waals surface area contributed by atoms with E-state index in [9.17, 15) is 9.90 Å². The third kappa shape index (κ3) is 2.42. The van der Waals surface area contributed by atoms with Gasteiger partial charge in [-0.1, -0.05) is 12.1 Å². The second-order valence-electron chi connectivity index (χ2n) is 4.80. The zero-order valence-corrected chi connectivity index (χ0v) is 9.99. The quantitative estimate of drug-likeness (QED) is 0.688. The summed E-state index contributed by atoms with van der Waals surface area (Å²) in [6.07, 6.45) is 2.55. The number of carbonyl (C=O) groups is 1. The van der Waals surface area contributed by atoms with Gasteiger partial charge in [-0.15, -0.1) is 0 Å². The minimum absolute atomic E-state index is 0.216. The van der Waals surface area contributed by atoms with Crippen LogP contribution in [0.5, 0.6) is 0 Å². The van der Waals surface area contributed by atoms with Crippen LogP contribution in [0.1, 0.15) is 35.2 Å². The van der Waals surface area contributed by atoms with E-state index in [1.807, 2.05) is 13.0 Å². The number of benzene rings is 1. The largest absolute Gasteiger partial charge is 0.398 e. The molecule has 1 amide bonds. The van der Waals surface area contributed by atoms with Gasteiger partial charge >= 0.3 is 0 Å². The number of nitrogen functional groups attached to an aromatic ring is 1. The standard InChI is InChI=1S/C13H18N2O2/c1-9-4-2-5-10(11(9)14)12(16)15-8-13(17)6-3-7-13/h2,4-5,17H,3,6-8,14H2,1H3,(H,15,16). The van der Waals surface area contributed by atoms with Crippen LogP contribution in [0.3, 0.4) is 0 Å².